The van der Waals surface area contributed by atoms with Gasteiger partial charge >= 0.3 is 18.9 Å². The molecule has 1 heterocycles. The fourth-order valence-electron chi connectivity index (χ4n) is 1.95. The van der Waals surface area contributed by atoms with Crippen LogP contribution in [0.2, 0.25) is 0 Å². The van der Waals surface area contributed by atoms with Crippen LogP contribution in [0.3, 0.4) is 0 Å². The summed E-state index contributed by atoms with van der Waals surface area (Å²) in [6.45, 7) is 5.49. The van der Waals surface area contributed by atoms with Gasteiger partial charge in [-0.15, -0.1) is 0 Å². The van der Waals surface area contributed by atoms with Gasteiger partial charge in [-0.1, -0.05) is 30.3 Å². The van der Waals surface area contributed by atoms with E-state index in [1.807, 2.05) is 51.1 Å². The molecule has 4 nitrogen and oxygen atoms in total. The summed E-state index contributed by atoms with van der Waals surface area (Å²) >= 11 is 0. The van der Waals surface area contributed by atoms with E-state index in [0.29, 0.717) is 0 Å². The van der Waals surface area contributed by atoms with Crippen molar-refractivity contribution < 1.29 is 33.0 Å². The largest absolute Gasteiger partial charge is 1.00 e. The van der Waals surface area contributed by atoms with Crippen molar-refractivity contribution in [2.45, 2.75) is 37.6 Å². The Hall–Kier alpha value is -0.603. The Morgan fingerprint density at radius 1 is 1.26 bits per heavy atom. The number of aliphatic carboxylic acids is 1. The van der Waals surface area contributed by atoms with Crippen LogP contribution in [0, 0.1) is 0 Å². The summed E-state index contributed by atoms with van der Waals surface area (Å²) in [4.78, 5) is 11.1. The van der Waals surface area contributed by atoms with Crippen LogP contribution in [-0.4, -0.2) is 25.3 Å². The molecule has 0 amide bonds. The van der Waals surface area contributed by atoms with Crippen LogP contribution in [-0.2, 0) is 15.8 Å². The molecule has 1 aromatic rings. The van der Waals surface area contributed by atoms with Gasteiger partial charge in [0.05, 0.1) is 22.8 Å². The summed E-state index contributed by atoms with van der Waals surface area (Å²) in [7, 11) is -1.35. The van der Waals surface area contributed by atoms with E-state index in [0.717, 1.165) is 5.56 Å². The van der Waals surface area contributed by atoms with Crippen LogP contribution in [0.15, 0.2) is 30.3 Å². The SMILES string of the molecule is CC(C)(C)[S@@](=O)N1[C@H](c2ccccc2)[C@@H]1C(=O)[O-].[Li+]. The van der Waals surface area contributed by atoms with E-state index < -0.39 is 27.7 Å². The average Bonchev–Trinajstić information content (AvgIpc) is 3.03. The Kier molecular flexibility index (Phi) is 5.02. The maximum Gasteiger partial charge on any atom is 1.00 e. The fraction of sp³-hybridized carbons (Fsp3) is 0.462. The van der Waals surface area contributed by atoms with Crippen LogP contribution in [0.1, 0.15) is 32.4 Å². The Labute approximate surface area is 128 Å². The molecule has 1 saturated heterocycles. The second-order valence-corrected chi connectivity index (χ2v) is 7.49. The first-order valence-corrected chi connectivity index (χ1v) is 6.91. The molecule has 0 N–H and O–H groups in total. The molecule has 2 rings (SSSR count). The predicted octanol–water partition coefficient (Wildman–Crippen LogP) is -2.37. The zero-order valence-corrected chi connectivity index (χ0v) is 12.4. The van der Waals surface area contributed by atoms with E-state index in [2.05, 4.69) is 0 Å². The van der Waals surface area contributed by atoms with Crippen molar-refractivity contribution in [1.82, 2.24) is 4.31 Å². The zero-order chi connectivity index (χ0) is 13.5. The minimum atomic E-state index is -1.35. The fourth-order valence-corrected chi connectivity index (χ4v) is 3.38. The van der Waals surface area contributed by atoms with Crippen molar-refractivity contribution in [3.8, 4) is 0 Å². The summed E-state index contributed by atoms with van der Waals surface area (Å²) in [6, 6.07) is 8.13. The second-order valence-electron chi connectivity index (χ2n) is 5.34. The molecular formula is C13H16LiNO3S. The summed E-state index contributed by atoms with van der Waals surface area (Å²) in [6.07, 6.45) is 0. The van der Waals surface area contributed by atoms with Crippen LogP contribution < -0.4 is 24.0 Å². The number of benzene rings is 1. The van der Waals surface area contributed by atoms with Gasteiger partial charge in [0.2, 0.25) is 0 Å². The van der Waals surface area contributed by atoms with Crippen molar-refractivity contribution in [2.75, 3.05) is 0 Å². The molecule has 1 unspecified atom stereocenters. The van der Waals surface area contributed by atoms with E-state index in [4.69, 9.17) is 0 Å². The Morgan fingerprint density at radius 2 is 1.79 bits per heavy atom. The second kappa shape index (κ2) is 5.80. The number of hydrogen-bond donors (Lipinski definition) is 0. The topological polar surface area (TPSA) is 60.2 Å². The molecular weight excluding hydrogens is 257 g/mol. The summed E-state index contributed by atoms with van der Waals surface area (Å²) in [5.74, 6) is -1.17. The number of carbonyl (C=O) groups excluding carboxylic acids is 1. The van der Waals surface area contributed by atoms with Gasteiger partial charge < -0.3 is 9.90 Å². The summed E-state index contributed by atoms with van der Waals surface area (Å²) in [5, 5.41) is 11.1. The number of nitrogens with zero attached hydrogens (tertiary/aromatic N) is 1. The normalized spacial score (nSPS) is 27.2. The van der Waals surface area contributed by atoms with Gasteiger partial charge in [-0.2, -0.15) is 0 Å². The van der Waals surface area contributed by atoms with Gasteiger partial charge in [-0.05, 0) is 26.3 Å². The minimum Gasteiger partial charge on any atom is -0.548 e. The van der Waals surface area contributed by atoms with Crippen molar-refractivity contribution in [3.05, 3.63) is 35.9 Å². The quantitative estimate of drug-likeness (QED) is 0.457. The number of carboxylic acids is 1. The van der Waals surface area contributed by atoms with Crippen molar-refractivity contribution in [1.29, 1.82) is 0 Å². The maximum atomic E-state index is 12.3. The molecule has 0 aliphatic carbocycles. The van der Waals surface area contributed by atoms with Gasteiger partial charge in [-0.3, -0.25) is 0 Å². The first-order valence-electron chi connectivity index (χ1n) is 5.80. The van der Waals surface area contributed by atoms with Gasteiger partial charge in [0, 0.05) is 0 Å². The van der Waals surface area contributed by atoms with Crippen LogP contribution in [0.25, 0.3) is 0 Å². The van der Waals surface area contributed by atoms with Gasteiger partial charge in [-0.25, -0.2) is 8.51 Å². The molecule has 0 radical (unpaired) electrons. The molecule has 19 heavy (non-hydrogen) atoms. The number of carboxylic acid groups (broad SMARTS) is 1. The number of rotatable bonds is 3. The molecule has 0 bridgehead atoms. The van der Waals surface area contributed by atoms with E-state index in [1.165, 1.54) is 4.31 Å². The average molecular weight is 273 g/mol. The predicted molar refractivity (Wildman–Crippen MR) is 67.7 cm³/mol. The standard InChI is InChI=1S/C13H17NO3S.Li/c1-13(2,3)18(17)14-10(11(14)12(15)16)9-7-5-4-6-8-9;/h4-8,10-11H,1-3H3,(H,15,16);/q;+1/p-1/t10-,11-,14?,18-;/m1./s1. The van der Waals surface area contributed by atoms with Gasteiger partial charge in [0.1, 0.15) is 11.0 Å². The molecule has 1 aliphatic rings. The molecule has 98 valence electrons. The van der Waals surface area contributed by atoms with Crippen LogP contribution in [0.5, 0.6) is 0 Å². The molecule has 0 spiro atoms. The molecule has 4 atom stereocenters. The third-order valence-electron chi connectivity index (χ3n) is 2.86. The van der Waals surface area contributed by atoms with Crippen LogP contribution >= 0.6 is 0 Å². The molecule has 0 aromatic heterocycles. The van der Waals surface area contributed by atoms with Gasteiger partial charge in [0.25, 0.3) is 0 Å². The van der Waals surface area contributed by atoms with Crippen molar-refractivity contribution in [2.24, 2.45) is 0 Å². The minimum absolute atomic E-state index is 0. The molecule has 1 aliphatic heterocycles. The van der Waals surface area contributed by atoms with E-state index in [1.54, 1.807) is 0 Å². The Bertz CT molecular complexity index is 486. The summed E-state index contributed by atoms with van der Waals surface area (Å²) < 4.78 is 13.3. The Morgan fingerprint density at radius 3 is 2.21 bits per heavy atom. The number of hydrogen-bond acceptors (Lipinski definition) is 3. The van der Waals surface area contributed by atoms with E-state index in [9.17, 15) is 14.1 Å². The van der Waals surface area contributed by atoms with E-state index >= 15 is 0 Å². The van der Waals surface area contributed by atoms with Crippen molar-refractivity contribution >= 4 is 17.0 Å². The van der Waals surface area contributed by atoms with Crippen molar-refractivity contribution in [3.63, 3.8) is 0 Å². The zero-order valence-electron chi connectivity index (χ0n) is 11.6. The molecule has 6 heteroatoms. The Balaban J connectivity index is 0.00000180. The first-order chi connectivity index (χ1) is 8.34. The smallest absolute Gasteiger partial charge is 0.548 e. The molecule has 1 aromatic carbocycles. The third-order valence-corrected chi connectivity index (χ3v) is 4.74. The van der Waals surface area contributed by atoms with E-state index in [-0.39, 0.29) is 24.9 Å². The monoisotopic (exact) mass is 273 g/mol. The molecule has 0 saturated carbocycles. The first kappa shape index (κ1) is 16.5. The third kappa shape index (κ3) is 3.29. The molecule has 1 fully saturated rings. The maximum absolute atomic E-state index is 12.3. The van der Waals surface area contributed by atoms with Gasteiger partial charge in [0.15, 0.2) is 0 Å². The van der Waals surface area contributed by atoms with Crippen LogP contribution in [0.4, 0.5) is 0 Å². The summed E-state index contributed by atoms with van der Waals surface area (Å²) in [5.41, 5.74) is 0.865. The number of carbonyl (C=O) groups is 1.